The van der Waals surface area contributed by atoms with E-state index in [-0.39, 0.29) is 17.1 Å². The van der Waals surface area contributed by atoms with Crippen molar-refractivity contribution < 1.29 is 14.1 Å². The first-order valence-electron chi connectivity index (χ1n) is 8.71. The maximum atomic E-state index is 12.4. The van der Waals surface area contributed by atoms with Gasteiger partial charge in [0.1, 0.15) is 16.6 Å². The zero-order valence-corrected chi connectivity index (χ0v) is 16.3. The van der Waals surface area contributed by atoms with Gasteiger partial charge in [-0.3, -0.25) is 20.3 Å². The molecule has 1 aromatic carbocycles. The molecule has 1 N–H and O–H groups in total. The number of hydrazone groups is 1. The summed E-state index contributed by atoms with van der Waals surface area (Å²) in [4.78, 5) is 27.0. The Morgan fingerprint density at radius 1 is 1.34 bits per heavy atom. The fourth-order valence-electron chi connectivity index (χ4n) is 2.88. The molecule has 0 radical (unpaired) electrons. The summed E-state index contributed by atoms with van der Waals surface area (Å²) in [6, 6.07) is 7.83. The number of carbonyl (C=O) groups excluding carboxylic acids is 1. The molecule has 2 aliphatic rings. The third kappa shape index (κ3) is 3.38. The van der Waals surface area contributed by atoms with Gasteiger partial charge in [0.05, 0.1) is 10.5 Å². The Kier molecular flexibility index (Phi) is 4.63. The lowest BCUT2D eigenvalue weighted by atomic mass is 10.1. The molecule has 10 heteroatoms. The molecule has 1 amide bonds. The monoisotopic (exact) mass is 409 g/mol. The molecule has 0 saturated carbocycles. The van der Waals surface area contributed by atoms with Gasteiger partial charge in [-0.15, -0.1) is 0 Å². The van der Waals surface area contributed by atoms with Crippen molar-refractivity contribution in [3.8, 4) is 11.3 Å². The molecule has 0 unspecified atom stereocenters. The number of nitro benzene ring substituents is 1. The van der Waals surface area contributed by atoms with Crippen molar-refractivity contribution in [1.82, 2.24) is 5.01 Å². The van der Waals surface area contributed by atoms with Gasteiger partial charge >= 0.3 is 0 Å². The number of aryl methyl sites for hydroxylation is 1. The molecule has 9 nitrogen and oxygen atoms in total. The first-order chi connectivity index (χ1) is 13.9. The van der Waals surface area contributed by atoms with Crippen LogP contribution >= 0.6 is 11.8 Å². The first-order valence-corrected chi connectivity index (χ1v) is 9.53. The van der Waals surface area contributed by atoms with Crippen LogP contribution in [0.2, 0.25) is 0 Å². The van der Waals surface area contributed by atoms with Crippen molar-refractivity contribution in [1.29, 1.82) is 5.41 Å². The van der Waals surface area contributed by atoms with Crippen molar-refractivity contribution in [2.75, 3.05) is 0 Å². The molecule has 1 aromatic heterocycles. The summed E-state index contributed by atoms with van der Waals surface area (Å²) in [7, 11) is 0. The number of amides is 1. The fraction of sp³-hybridized carbons (Fsp3) is 0.158. The Balaban J connectivity index is 1.68. The number of non-ortho nitro benzene ring substituents is 1. The van der Waals surface area contributed by atoms with Gasteiger partial charge in [0.25, 0.3) is 11.6 Å². The van der Waals surface area contributed by atoms with Crippen LogP contribution in [0.15, 0.2) is 50.4 Å². The predicted molar refractivity (Wildman–Crippen MR) is 111 cm³/mol. The molecule has 0 saturated heterocycles. The number of hydrogen-bond acceptors (Lipinski definition) is 7. The number of carbonyl (C=O) groups is 1. The van der Waals surface area contributed by atoms with Crippen LogP contribution in [-0.2, 0) is 4.79 Å². The second kappa shape index (κ2) is 7.13. The van der Waals surface area contributed by atoms with Gasteiger partial charge in [-0.2, -0.15) is 15.1 Å². The van der Waals surface area contributed by atoms with E-state index in [0.717, 1.165) is 10.6 Å². The highest BCUT2D eigenvalue weighted by molar-refractivity contribution is 8.26. The molecule has 0 spiro atoms. The fourth-order valence-corrected chi connectivity index (χ4v) is 3.71. The summed E-state index contributed by atoms with van der Waals surface area (Å²) in [6.45, 7) is 3.76. The van der Waals surface area contributed by atoms with Crippen molar-refractivity contribution in [2.24, 2.45) is 10.1 Å². The van der Waals surface area contributed by atoms with Crippen molar-refractivity contribution >= 4 is 45.5 Å². The summed E-state index contributed by atoms with van der Waals surface area (Å²) in [5, 5.41) is 26.2. The predicted octanol–water partition coefficient (Wildman–Crippen LogP) is 4.19. The highest BCUT2D eigenvalue weighted by Crippen LogP contribution is 2.32. The standard InChI is InChI=1S/C19H15N5O4S/c1-3-16-22-23-17(20)14(18(25)21-19(23)29-16)9-12-6-7-15(28-12)13-8-11(24(26)27)5-4-10(13)2/h4-9,20H,3H2,1-2H3/b14-9+,20-17?. The zero-order chi connectivity index (χ0) is 20.7. The smallest absolute Gasteiger partial charge is 0.283 e. The number of fused-ring (bicyclic) bond motifs is 1. The van der Waals surface area contributed by atoms with Crippen LogP contribution < -0.4 is 0 Å². The summed E-state index contributed by atoms with van der Waals surface area (Å²) >= 11 is 1.28. The van der Waals surface area contributed by atoms with E-state index in [4.69, 9.17) is 9.83 Å². The lowest BCUT2D eigenvalue weighted by Crippen LogP contribution is -2.35. The number of nitro groups is 1. The van der Waals surface area contributed by atoms with E-state index < -0.39 is 10.8 Å². The Hall–Kier alpha value is -3.53. The average molecular weight is 409 g/mol. The molecule has 0 bridgehead atoms. The molecular formula is C19H15N5O4S. The van der Waals surface area contributed by atoms with E-state index in [0.29, 0.717) is 28.7 Å². The molecule has 29 heavy (non-hydrogen) atoms. The maximum absolute atomic E-state index is 12.4. The van der Waals surface area contributed by atoms with Crippen LogP contribution in [-0.4, -0.2) is 31.9 Å². The normalized spacial score (nSPS) is 17.4. The molecule has 146 valence electrons. The Morgan fingerprint density at radius 2 is 2.14 bits per heavy atom. The topological polar surface area (TPSA) is 125 Å². The largest absolute Gasteiger partial charge is 0.457 e. The minimum absolute atomic E-state index is 0.0378. The number of amidine groups is 2. The second-order valence-electron chi connectivity index (χ2n) is 6.33. The molecular weight excluding hydrogens is 394 g/mol. The number of nitrogens with one attached hydrogen (secondary N) is 1. The highest BCUT2D eigenvalue weighted by Gasteiger charge is 2.35. The van der Waals surface area contributed by atoms with E-state index >= 15 is 0 Å². The Morgan fingerprint density at radius 3 is 2.86 bits per heavy atom. The highest BCUT2D eigenvalue weighted by atomic mass is 32.2. The number of thioether (sulfide) groups is 1. The molecule has 4 rings (SSSR count). The number of rotatable bonds is 4. The molecule has 0 fully saturated rings. The van der Waals surface area contributed by atoms with Crippen molar-refractivity contribution in [2.45, 2.75) is 20.3 Å². The summed E-state index contributed by atoms with van der Waals surface area (Å²) < 4.78 is 5.78. The van der Waals surface area contributed by atoms with E-state index in [1.165, 1.54) is 35.0 Å². The number of hydrogen-bond donors (Lipinski definition) is 1. The van der Waals surface area contributed by atoms with Gasteiger partial charge in [-0.1, -0.05) is 13.0 Å². The van der Waals surface area contributed by atoms with E-state index in [1.807, 2.05) is 13.8 Å². The van der Waals surface area contributed by atoms with E-state index in [2.05, 4.69) is 10.1 Å². The summed E-state index contributed by atoms with van der Waals surface area (Å²) in [5.41, 5.74) is 1.42. The minimum atomic E-state index is -0.536. The Bertz CT molecular complexity index is 1160. The summed E-state index contributed by atoms with van der Waals surface area (Å²) in [5.74, 6) is 0.162. The molecule has 2 aliphatic heterocycles. The van der Waals surface area contributed by atoms with E-state index in [9.17, 15) is 14.9 Å². The van der Waals surface area contributed by atoms with Crippen LogP contribution in [0.1, 0.15) is 24.7 Å². The van der Waals surface area contributed by atoms with Gasteiger partial charge in [0.2, 0.25) is 5.17 Å². The van der Waals surface area contributed by atoms with Gasteiger partial charge in [0, 0.05) is 17.7 Å². The van der Waals surface area contributed by atoms with E-state index in [1.54, 1.807) is 18.2 Å². The van der Waals surface area contributed by atoms with Crippen LogP contribution in [0, 0.1) is 22.4 Å². The van der Waals surface area contributed by atoms with Gasteiger partial charge in [0.15, 0.2) is 5.84 Å². The summed E-state index contributed by atoms with van der Waals surface area (Å²) in [6.07, 6.45) is 2.12. The van der Waals surface area contributed by atoms with Crippen LogP contribution in [0.5, 0.6) is 0 Å². The lowest BCUT2D eigenvalue weighted by molar-refractivity contribution is -0.384. The number of furan rings is 1. The van der Waals surface area contributed by atoms with Crippen molar-refractivity contribution in [3.05, 3.63) is 57.3 Å². The van der Waals surface area contributed by atoms with Crippen molar-refractivity contribution in [3.63, 3.8) is 0 Å². The van der Waals surface area contributed by atoms with Gasteiger partial charge < -0.3 is 4.42 Å². The third-order valence-electron chi connectivity index (χ3n) is 4.41. The SMILES string of the molecule is CCC1=NN2C(=N)/C(=C\c3ccc(-c4cc([N+](=O)[O-])ccc4C)o3)C(=O)N=C2S1. The molecule has 3 heterocycles. The second-order valence-corrected chi connectivity index (χ2v) is 7.37. The van der Waals surface area contributed by atoms with Crippen LogP contribution in [0.25, 0.3) is 17.4 Å². The van der Waals surface area contributed by atoms with Crippen LogP contribution in [0.3, 0.4) is 0 Å². The van der Waals surface area contributed by atoms with Gasteiger partial charge in [-0.05, 0) is 48.9 Å². The average Bonchev–Trinajstić information content (AvgIpc) is 3.32. The zero-order valence-electron chi connectivity index (χ0n) is 15.5. The van der Waals surface area contributed by atoms with Gasteiger partial charge in [-0.25, -0.2) is 0 Å². The minimum Gasteiger partial charge on any atom is -0.457 e. The van der Waals surface area contributed by atoms with Crippen LogP contribution in [0.4, 0.5) is 5.69 Å². The molecule has 0 aliphatic carbocycles. The number of aliphatic imine (C=N–C) groups is 1. The first kappa shape index (κ1) is 18.8. The quantitative estimate of drug-likeness (QED) is 0.458. The number of nitrogens with zero attached hydrogens (tertiary/aromatic N) is 4. The lowest BCUT2D eigenvalue weighted by Gasteiger charge is -2.19. The number of benzene rings is 1. The molecule has 0 atom stereocenters. The Labute approximate surface area is 169 Å². The third-order valence-corrected chi connectivity index (χ3v) is 5.46. The molecule has 2 aromatic rings. The maximum Gasteiger partial charge on any atom is 0.283 e.